The van der Waals surface area contributed by atoms with E-state index < -0.39 is 0 Å². The van der Waals surface area contributed by atoms with Crippen molar-refractivity contribution in [2.24, 2.45) is 4.99 Å². The number of aliphatic imine (C=N–C) groups is 1. The Hall–Kier alpha value is -1.36. The molecule has 128 valence electrons. The largest absolute Gasteiger partial charge is 0.490 e. The van der Waals surface area contributed by atoms with Crippen molar-refractivity contribution in [1.82, 2.24) is 10.6 Å². The van der Waals surface area contributed by atoms with Crippen LogP contribution in [0.25, 0.3) is 0 Å². The third-order valence-electron chi connectivity index (χ3n) is 3.92. The molecule has 0 aliphatic heterocycles. The van der Waals surface area contributed by atoms with E-state index in [1.54, 1.807) is 0 Å². The van der Waals surface area contributed by atoms with Crippen LogP contribution in [-0.4, -0.2) is 37.2 Å². The van der Waals surface area contributed by atoms with Crippen molar-refractivity contribution in [2.45, 2.75) is 45.3 Å². The molecule has 1 saturated carbocycles. The van der Waals surface area contributed by atoms with Crippen molar-refractivity contribution in [2.75, 3.05) is 25.1 Å². The molecule has 1 aliphatic carbocycles. The van der Waals surface area contributed by atoms with Gasteiger partial charge in [-0.05, 0) is 44.9 Å². The normalized spacial score (nSPS) is 15.7. The number of para-hydroxylation sites is 1. The van der Waals surface area contributed by atoms with Crippen LogP contribution in [0.15, 0.2) is 29.3 Å². The van der Waals surface area contributed by atoms with Gasteiger partial charge in [0.2, 0.25) is 0 Å². The highest BCUT2D eigenvalue weighted by Crippen LogP contribution is 2.26. The SMILES string of the molecule is CCNC(=NCc1ccccc1OC1CCCC1)NCCSC. The second kappa shape index (κ2) is 10.4. The number of nitrogens with one attached hydrogen (secondary N) is 2. The number of rotatable bonds is 8. The van der Waals surface area contributed by atoms with E-state index in [0.717, 1.165) is 36.1 Å². The fourth-order valence-corrected chi connectivity index (χ4v) is 3.02. The zero-order chi connectivity index (χ0) is 16.3. The van der Waals surface area contributed by atoms with Crippen LogP contribution in [0.5, 0.6) is 5.75 Å². The summed E-state index contributed by atoms with van der Waals surface area (Å²) in [6.45, 7) is 4.51. The Bertz CT molecular complexity index is 487. The Kier molecular flexibility index (Phi) is 8.15. The van der Waals surface area contributed by atoms with Gasteiger partial charge in [-0.1, -0.05) is 18.2 Å². The van der Waals surface area contributed by atoms with Crippen LogP contribution in [0, 0.1) is 0 Å². The van der Waals surface area contributed by atoms with Gasteiger partial charge in [0.05, 0.1) is 12.6 Å². The Morgan fingerprint density at radius 1 is 1.26 bits per heavy atom. The molecule has 1 fully saturated rings. The molecule has 0 bridgehead atoms. The van der Waals surface area contributed by atoms with Gasteiger partial charge in [0.15, 0.2) is 5.96 Å². The minimum Gasteiger partial charge on any atom is -0.490 e. The monoisotopic (exact) mass is 335 g/mol. The summed E-state index contributed by atoms with van der Waals surface area (Å²) in [5.41, 5.74) is 1.15. The van der Waals surface area contributed by atoms with Gasteiger partial charge in [0.1, 0.15) is 5.75 Å². The van der Waals surface area contributed by atoms with E-state index in [4.69, 9.17) is 9.73 Å². The molecule has 0 spiro atoms. The molecule has 4 nitrogen and oxygen atoms in total. The Balaban J connectivity index is 1.97. The summed E-state index contributed by atoms with van der Waals surface area (Å²) in [7, 11) is 0. The average molecular weight is 336 g/mol. The Morgan fingerprint density at radius 2 is 2.04 bits per heavy atom. The highest BCUT2D eigenvalue weighted by molar-refractivity contribution is 7.98. The fraction of sp³-hybridized carbons (Fsp3) is 0.611. The van der Waals surface area contributed by atoms with E-state index >= 15 is 0 Å². The lowest BCUT2D eigenvalue weighted by atomic mass is 10.2. The maximum atomic E-state index is 6.18. The first kappa shape index (κ1) is 18.0. The number of hydrogen-bond acceptors (Lipinski definition) is 3. The predicted octanol–water partition coefficient (Wildman–Crippen LogP) is 3.43. The van der Waals surface area contributed by atoms with Crippen molar-refractivity contribution in [3.05, 3.63) is 29.8 Å². The summed E-state index contributed by atoms with van der Waals surface area (Å²) in [4.78, 5) is 4.70. The molecule has 2 rings (SSSR count). The number of benzene rings is 1. The van der Waals surface area contributed by atoms with Gasteiger partial charge >= 0.3 is 0 Å². The molecule has 0 saturated heterocycles. The Labute approximate surface area is 144 Å². The first-order valence-corrected chi connectivity index (χ1v) is 9.98. The molecule has 0 atom stereocenters. The summed E-state index contributed by atoms with van der Waals surface area (Å²) in [5, 5.41) is 6.65. The molecule has 0 amide bonds. The number of hydrogen-bond donors (Lipinski definition) is 2. The Morgan fingerprint density at radius 3 is 2.78 bits per heavy atom. The predicted molar refractivity (Wildman–Crippen MR) is 101 cm³/mol. The quantitative estimate of drug-likeness (QED) is 0.434. The van der Waals surface area contributed by atoms with Crippen LogP contribution in [0.3, 0.4) is 0 Å². The maximum absolute atomic E-state index is 6.18. The van der Waals surface area contributed by atoms with Crippen LogP contribution in [0.2, 0.25) is 0 Å². The number of nitrogens with zero attached hydrogens (tertiary/aromatic N) is 1. The second-order valence-corrected chi connectivity index (χ2v) is 6.73. The molecule has 1 aliphatic rings. The van der Waals surface area contributed by atoms with Crippen molar-refractivity contribution in [1.29, 1.82) is 0 Å². The minimum atomic E-state index is 0.382. The highest BCUT2D eigenvalue weighted by atomic mass is 32.2. The lowest BCUT2D eigenvalue weighted by molar-refractivity contribution is 0.208. The van der Waals surface area contributed by atoms with Crippen molar-refractivity contribution < 1.29 is 4.74 Å². The van der Waals surface area contributed by atoms with Gasteiger partial charge in [0.25, 0.3) is 0 Å². The van der Waals surface area contributed by atoms with E-state index in [9.17, 15) is 0 Å². The number of ether oxygens (including phenoxy) is 1. The zero-order valence-electron chi connectivity index (χ0n) is 14.3. The maximum Gasteiger partial charge on any atom is 0.191 e. The first-order chi connectivity index (χ1) is 11.3. The van der Waals surface area contributed by atoms with Crippen LogP contribution < -0.4 is 15.4 Å². The van der Waals surface area contributed by atoms with Crippen LogP contribution >= 0.6 is 11.8 Å². The van der Waals surface area contributed by atoms with Crippen LogP contribution in [0.4, 0.5) is 0 Å². The van der Waals surface area contributed by atoms with Gasteiger partial charge < -0.3 is 15.4 Å². The van der Waals surface area contributed by atoms with Gasteiger partial charge in [-0.15, -0.1) is 0 Å². The summed E-state index contributed by atoms with van der Waals surface area (Å²) in [6, 6.07) is 8.27. The van der Waals surface area contributed by atoms with Gasteiger partial charge in [0, 0.05) is 24.4 Å². The third-order valence-corrected chi connectivity index (χ3v) is 4.53. The molecule has 1 aromatic carbocycles. The molecule has 5 heteroatoms. The van der Waals surface area contributed by atoms with Crippen molar-refractivity contribution in [3.8, 4) is 5.75 Å². The van der Waals surface area contributed by atoms with E-state index in [1.165, 1.54) is 25.7 Å². The lowest BCUT2D eigenvalue weighted by Gasteiger charge is -2.16. The number of guanidine groups is 1. The molecule has 0 unspecified atom stereocenters. The zero-order valence-corrected chi connectivity index (χ0v) is 15.1. The van der Waals surface area contributed by atoms with E-state index in [0.29, 0.717) is 12.6 Å². The smallest absolute Gasteiger partial charge is 0.191 e. The van der Waals surface area contributed by atoms with E-state index in [-0.39, 0.29) is 0 Å². The van der Waals surface area contributed by atoms with Gasteiger partial charge in [-0.25, -0.2) is 4.99 Å². The molecule has 23 heavy (non-hydrogen) atoms. The summed E-state index contributed by atoms with van der Waals surface area (Å²) in [5.74, 6) is 2.94. The molecule has 0 aromatic heterocycles. The van der Waals surface area contributed by atoms with E-state index in [2.05, 4.69) is 42.0 Å². The first-order valence-electron chi connectivity index (χ1n) is 8.59. The minimum absolute atomic E-state index is 0.382. The van der Waals surface area contributed by atoms with Gasteiger partial charge in [-0.3, -0.25) is 0 Å². The molecule has 1 aromatic rings. The molecule has 0 heterocycles. The summed E-state index contributed by atoms with van der Waals surface area (Å²) >= 11 is 1.83. The van der Waals surface area contributed by atoms with Gasteiger partial charge in [-0.2, -0.15) is 11.8 Å². The standard InChI is InChI=1S/C18H29N3OS/c1-3-19-18(20-12-13-23-2)21-14-15-8-4-7-11-17(15)22-16-9-5-6-10-16/h4,7-8,11,16H,3,5-6,9-10,12-14H2,1-2H3,(H2,19,20,21). The molecule has 2 N–H and O–H groups in total. The summed E-state index contributed by atoms with van der Waals surface area (Å²) < 4.78 is 6.18. The number of thioether (sulfide) groups is 1. The molecular formula is C18H29N3OS. The van der Waals surface area contributed by atoms with Crippen LogP contribution in [-0.2, 0) is 6.54 Å². The van der Waals surface area contributed by atoms with Crippen molar-refractivity contribution in [3.63, 3.8) is 0 Å². The third kappa shape index (κ3) is 6.34. The highest BCUT2D eigenvalue weighted by Gasteiger charge is 2.17. The topological polar surface area (TPSA) is 45.7 Å². The molecule has 0 radical (unpaired) electrons. The van der Waals surface area contributed by atoms with Crippen molar-refractivity contribution >= 4 is 17.7 Å². The van der Waals surface area contributed by atoms with Crippen LogP contribution in [0.1, 0.15) is 38.2 Å². The molecular weight excluding hydrogens is 306 g/mol. The summed E-state index contributed by atoms with van der Waals surface area (Å²) in [6.07, 6.45) is 7.42. The average Bonchev–Trinajstić information content (AvgIpc) is 3.07. The lowest BCUT2D eigenvalue weighted by Crippen LogP contribution is -2.38. The second-order valence-electron chi connectivity index (χ2n) is 5.75. The van der Waals surface area contributed by atoms with E-state index in [1.807, 2.05) is 17.8 Å². The fourth-order valence-electron chi connectivity index (χ4n) is 2.71.